The molecule has 0 bridgehead atoms. The van der Waals surface area contributed by atoms with E-state index in [2.05, 4.69) is 21.9 Å². The van der Waals surface area contributed by atoms with Crippen molar-refractivity contribution in [3.63, 3.8) is 0 Å². The number of carbonyl (C=O) groups is 4. The fourth-order valence-corrected chi connectivity index (χ4v) is 4.03. The molecule has 0 aliphatic carbocycles. The van der Waals surface area contributed by atoms with E-state index < -0.39 is 47.2 Å². The predicted octanol–water partition coefficient (Wildman–Crippen LogP) is 3.79. The first-order valence-corrected chi connectivity index (χ1v) is 14.0. The Hall–Kier alpha value is -4.12. The molecule has 41 heavy (non-hydrogen) atoms. The number of ether oxygens (including phenoxy) is 1. The van der Waals surface area contributed by atoms with Gasteiger partial charge in [0, 0.05) is 6.42 Å². The zero-order valence-electron chi connectivity index (χ0n) is 24.9. The minimum Gasteiger partial charge on any atom is -0.459 e. The minimum atomic E-state index is -1.10. The summed E-state index contributed by atoms with van der Waals surface area (Å²) in [6.07, 6.45) is 6.07. The maximum absolute atomic E-state index is 13.5. The molecule has 220 valence electrons. The van der Waals surface area contributed by atoms with Gasteiger partial charge >= 0.3 is 5.97 Å². The molecular weight excluding hydrogens is 518 g/mol. The molecule has 0 radical (unpaired) electrons. The lowest BCUT2D eigenvalue weighted by molar-refractivity contribution is -0.149. The molecule has 0 aliphatic rings. The Morgan fingerprint density at radius 3 is 1.88 bits per heavy atom. The van der Waals surface area contributed by atoms with Crippen molar-refractivity contribution in [3.05, 3.63) is 71.8 Å². The lowest BCUT2D eigenvalue weighted by atomic mass is 9.92. The second kappa shape index (κ2) is 15.6. The standard InChI is InChI=1S/C33H43N3O5/c1-8-33(6,7)32(40)35-26(19-22(2)3)29(37)36-28(23(4)5)30(38)34-27(20-24-15-11-9-12-16-24)31(39)41-21-25-17-13-10-14-18-25/h1,9-18,22-23,26-28H,19-21H2,2-7H3,(H,34,38)(H,35,40)(H,36,37)/t26-,27-,28-/m0/s1. The van der Waals surface area contributed by atoms with E-state index in [1.54, 1.807) is 27.7 Å². The summed E-state index contributed by atoms with van der Waals surface area (Å²) in [4.78, 5) is 52.8. The van der Waals surface area contributed by atoms with Crippen LogP contribution in [0.15, 0.2) is 60.7 Å². The summed E-state index contributed by atoms with van der Waals surface area (Å²) in [5, 5.41) is 8.34. The average molecular weight is 562 g/mol. The van der Waals surface area contributed by atoms with Crippen molar-refractivity contribution in [3.8, 4) is 12.3 Å². The third kappa shape index (κ3) is 10.8. The third-order valence-electron chi connectivity index (χ3n) is 6.61. The summed E-state index contributed by atoms with van der Waals surface area (Å²) >= 11 is 0. The molecular formula is C33H43N3O5. The summed E-state index contributed by atoms with van der Waals surface area (Å²) in [6, 6.07) is 15.7. The van der Waals surface area contributed by atoms with Gasteiger partial charge in [0.2, 0.25) is 17.7 Å². The highest BCUT2D eigenvalue weighted by Crippen LogP contribution is 2.16. The van der Waals surface area contributed by atoms with Gasteiger partial charge in [-0.2, -0.15) is 0 Å². The quantitative estimate of drug-likeness (QED) is 0.240. The number of rotatable bonds is 14. The van der Waals surface area contributed by atoms with E-state index >= 15 is 0 Å². The van der Waals surface area contributed by atoms with Crippen LogP contribution in [0.2, 0.25) is 0 Å². The predicted molar refractivity (Wildman–Crippen MR) is 159 cm³/mol. The first-order chi connectivity index (χ1) is 19.3. The highest BCUT2D eigenvalue weighted by molar-refractivity contribution is 5.95. The molecule has 0 aliphatic heterocycles. The van der Waals surface area contributed by atoms with Gasteiger partial charge in [0.25, 0.3) is 0 Å². The van der Waals surface area contributed by atoms with E-state index in [1.165, 1.54) is 0 Å². The summed E-state index contributed by atoms with van der Waals surface area (Å²) in [6.45, 7) is 10.7. The molecule has 3 amide bonds. The first kappa shape index (κ1) is 33.1. The fourth-order valence-electron chi connectivity index (χ4n) is 4.03. The van der Waals surface area contributed by atoms with E-state index in [0.717, 1.165) is 11.1 Å². The van der Waals surface area contributed by atoms with Crippen LogP contribution < -0.4 is 16.0 Å². The van der Waals surface area contributed by atoms with Gasteiger partial charge in [0.15, 0.2) is 0 Å². The highest BCUT2D eigenvalue weighted by Gasteiger charge is 2.34. The van der Waals surface area contributed by atoms with E-state index in [4.69, 9.17) is 11.2 Å². The second-order valence-electron chi connectivity index (χ2n) is 11.5. The van der Waals surface area contributed by atoms with E-state index in [9.17, 15) is 19.2 Å². The van der Waals surface area contributed by atoms with Crippen LogP contribution in [0.3, 0.4) is 0 Å². The van der Waals surface area contributed by atoms with Crippen molar-refractivity contribution in [2.24, 2.45) is 17.3 Å². The van der Waals surface area contributed by atoms with Gasteiger partial charge < -0.3 is 20.7 Å². The van der Waals surface area contributed by atoms with Crippen molar-refractivity contribution in [1.29, 1.82) is 0 Å². The van der Waals surface area contributed by atoms with Gasteiger partial charge in [-0.15, -0.1) is 6.42 Å². The van der Waals surface area contributed by atoms with Gasteiger partial charge in [-0.1, -0.05) is 94.3 Å². The highest BCUT2D eigenvalue weighted by atomic mass is 16.5. The molecule has 3 atom stereocenters. The summed E-state index contributed by atoms with van der Waals surface area (Å²) in [5.74, 6) is 0.156. The molecule has 2 rings (SSSR count). The molecule has 0 unspecified atom stereocenters. The maximum atomic E-state index is 13.5. The largest absolute Gasteiger partial charge is 0.459 e. The zero-order valence-corrected chi connectivity index (χ0v) is 24.9. The van der Waals surface area contributed by atoms with E-state index in [0.29, 0.717) is 6.42 Å². The number of hydrogen-bond acceptors (Lipinski definition) is 5. The van der Waals surface area contributed by atoms with Crippen LogP contribution in [0.1, 0.15) is 59.1 Å². The smallest absolute Gasteiger partial charge is 0.329 e. The summed E-state index contributed by atoms with van der Waals surface area (Å²) < 4.78 is 5.55. The van der Waals surface area contributed by atoms with E-state index in [-0.39, 0.29) is 24.9 Å². The van der Waals surface area contributed by atoms with Crippen molar-refractivity contribution < 1.29 is 23.9 Å². The van der Waals surface area contributed by atoms with Gasteiger partial charge in [0.05, 0.1) is 0 Å². The Labute approximate surface area is 244 Å². The lowest BCUT2D eigenvalue weighted by Gasteiger charge is -2.29. The van der Waals surface area contributed by atoms with Crippen molar-refractivity contribution in [2.75, 3.05) is 0 Å². The van der Waals surface area contributed by atoms with Crippen LogP contribution in [-0.4, -0.2) is 41.8 Å². The number of carbonyl (C=O) groups excluding carboxylic acids is 4. The number of benzene rings is 2. The van der Waals surface area contributed by atoms with Crippen LogP contribution in [0.5, 0.6) is 0 Å². The molecule has 0 saturated carbocycles. The van der Waals surface area contributed by atoms with E-state index in [1.807, 2.05) is 74.5 Å². The van der Waals surface area contributed by atoms with Crippen LogP contribution in [0.25, 0.3) is 0 Å². The molecule has 0 aromatic heterocycles. The number of nitrogens with one attached hydrogen (secondary N) is 3. The van der Waals surface area contributed by atoms with Crippen LogP contribution in [0.4, 0.5) is 0 Å². The van der Waals surface area contributed by atoms with Crippen molar-refractivity contribution in [2.45, 2.75) is 79.1 Å². The minimum absolute atomic E-state index is 0.0652. The molecule has 8 nitrogen and oxygen atoms in total. The van der Waals surface area contributed by atoms with Crippen molar-refractivity contribution in [1.82, 2.24) is 16.0 Å². The molecule has 0 saturated heterocycles. The maximum Gasteiger partial charge on any atom is 0.329 e. The number of esters is 1. The fraction of sp³-hybridized carbons (Fsp3) is 0.455. The lowest BCUT2D eigenvalue weighted by Crippen LogP contribution is -2.58. The number of terminal acetylenes is 1. The van der Waals surface area contributed by atoms with Crippen LogP contribution in [-0.2, 0) is 36.9 Å². The van der Waals surface area contributed by atoms with Gasteiger partial charge in [-0.25, -0.2) is 4.79 Å². The van der Waals surface area contributed by atoms with Gasteiger partial charge in [-0.05, 0) is 43.2 Å². The Bertz CT molecular complexity index is 1200. The van der Waals surface area contributed by atoms with Gasteiger partial charge in [-0.3, -0.25) is 14.4 Å². The van der Waals surface area contributed by atoms with Crippen LogP contribution >= 0.6 is 0 Å². The topological polar surface area (TPSA) is 114 Å². The molecule has 3 N–H and O–H groups in total. The Morgan fingerprint density at radius 1 is 0.805 bits per heavy atom. The van der Waals surface area contributed by atoms with Crippen LogP contribution in [0, 0.1) is 29.6 Å². The first-order valence-electron chi connectivity index (χ1n) is 14.0. The number of amides is 3. The second-order valence-corrected chi connectivity index (χ2v) is 11.5. The molecule has 2 aromatic carbocycles. The molecule has 0 heterocycles. The van der Waals surface area contributed by atoms with Crippen molar-refractivity contribution >= 4 is 23.7 Å². The Balaban J connectivity index is 2.21. The molecule has 0 spiro atoms. The normalized spacial score (nSPS) is 13.4. The van der Waals surface area contributed by atoms with Gasteiger partial charge in [0.1, 0.15) is 30.1 Å². The Kier molecular flexibility index (Phi) is 12.6. The monoisotopic (exact) mass is 561 g/mol. The molecule has 2 aromatic rings. The number of hydrogen-bond donors (Lipinski definition) is 3. The average Bonchev–Trinajstić information content (AvgIpc) is 2.94. The molecule has 8 heteroatoms. The zero-order chi connectivity index (χ0) is 30.6. The third-order valence-corrected chi connectivity index (χ3v) is 6.61. The molecule has 0 fully saturated rings. The SMILES string of the molecule is C#CC(C)(C)C(=O)N[C@@H](CC(C)C)C(=O)N[C@H](C(=O)N[C@@H](Cc1ccccc1)C(=O)OCc1ccccc1)C(C)C. The summed E-state index contributed by atoms with van der Waals surface area (Å²) in [5.41, 5.74) is 0.564. The summed E-state index contributed by atoms with van der Waals surface area (Å²) in [7, 11) is 0. The Morgan fingerprint density at radius 2 is 1.37 bits per heavy atom.